The molecule has 24 heavy (non-hydrogen) atoms. The summed E-state index contributed by atoms with van der Waals surface area (Å²) in [7, 11) is 0. The first-order valence-electron chi connectivity index (χ1n) is 7.59. The molecule has 0 aliphatic heterocycles. The summed E-state index contributed by atoms with van der Waals surface area (Å²) in [4.78, 5) is 34.4. The van der Waals surface area contributed by atoms with Gasteiger partial charge in [0.25, 0.3) is 0 Å². The van der Waals surface area contributed by atoms with E-state index in [9.17, 15) is 14.4 Å². The Kier molecular flexibility index (Phi) is 5.47. The maximum Gasteiger partial charge on any atom is 0.356 e. The Morgan fingerprint density at radius 1 is 1.08 bits per heavy atom. The third-order valence-electron chi connectivity index (χ3n) is 3.61. The van der Waals surface area contributed by atoms with Crippen LogP contribution in [0, 0.1) is 0 Å². The van der Waals surface area contributed by atoms with Crippen molar-refractivity contribution >= 4 is 17.7 Å². The summed E-state index contributed by atoms with van der Waals surface area (Å²) in [6.07, 6.45) is 3.10. The van der Waals surface area contributed by atoms with Crippen molar-refractivity contribution in [3.05, 3.63) is 52.8 Å². The minimum Gasteiger partial charge on any atom is -0.477 e. The first-order chi connectivity index (χ1) is 11.4. The second-order valence-corrected chi connectivity index (χ2v) is 5.41. The van der Waals surface area contributed by atoms with Gasteiger partial charge < -0.3 is 10.2 Å². The lowest BCUT2D eigenvalue weighted by Gasteiger charge is -2.05. The summed E-state index contributed by atoms with van der Waals surface area (Å²) in [6.45, 7) is 1.77. The Hall–Kier alpha value is -2.96. The third kappa shape index (κ3) is 4.07. The quantitative estimate of drug-likeness (QED) is 0.720. The molecule has 0 aliphatic carbocycles. The predicted octanol–water partition coefficient (Wildman–Crippen LogP) is 2.50. The number of carbonyl (C=O) groups excluding carboxylic acids is 1. The number of rotatable bonds is 8. The first-order valence-corrected chi connectivity index (χ1v) is 7.59. The molecule has 0 saturated carbocycles. The molecule has 0 atom stereocenters. The Bertz CT molecular complexity index is 762. The fraction of sp³-hybridized carbons (Fsp3) is 0.294. The van der Waals surface area contributed by atoms with E-state index in [0.717, 1.165) is 35.6 Å². The number of unbranched alkanes of at least 4 members (excludes halogenated alkanes) is 1. The number of benzene rings is 1. The van der Waals surface area contributed by atoms with E-state index < -0.39 is 17.6 Å². The first kappa shape index (κ1) is 17.4. The molecule has 0 radical (unpaired) electrons. The van der Waals surface area contributed by atoms with E-state index >= 15 is 0 Å². The van der Waals surface area contributed by atoms with Gasteiger partial charge in [0, 0.05) is 11.6 Å². The van der Waals surface area contributed by atoms with Crippen LogP contribution in [0.2, 0.25) is 0 Å². The molecule has 7 heteroatoms. The lowest BCUT2D eigenvalue weighted by atomic mass is 10.0. The lowest BCUT2D eigenvalue weighted by Crippen LogP contribution is -2.17. The number of Topliss-reactive ketones (excluding diaryl/α,β-unsaturated/α-hetero) is 1. The number of aromatic carboxylic acids is 2. The van der Waals surface area contributed by atoms with Gasteiger partial charge in [0.05, 0.1) is 0 Å². The predicted molar refractivity (Wildman–Crippen MR) is 85.5 cm³/mol. The van der Waals surface area contributed by atoms with Gasteiger partial charge in [-0.05, 0) is 18.4 Å². The van der Waals surface area contributed by atoms with Crippen molar-refractivity contribution in [1.82, 2.24) is 9.78 Å². The van der Waals surface area contributed by atoms with E-state index in [2.05, 4.69) is 12.0 Å². The van der Waals surface area contributed by atoms with Crippen molar-refractivity contribution in [2.45, 2.75) is 32.7 Å². The van der Waals surface area contributed by atoms with Gasteiger partial charge in [0.2, 0.25) is 0 Å². The van der Waals surface area contributed by atoms with E-state index in [1.807, 2.05) is 12.1 Å². The SMILES string of the molecule is CCCCc1ccc(C(=O)Cn2nc(C(=O)O)cc2C(=O)O)cc1. The van der Waals surface area contributed by atoms with Gasteiger partial charge >= 0.3 is 11.9 Å². The van der Waals surface area contributed by atoms with Crippen molar-refractivity contribution in [3.8, 4) is 0 Å². The number of carboxylic acid groups (broad SMARTS) is 2. The zero-order valence-electron chi connectivity index (χ0n) is 13.2. The molecule has 0 fully saturated rings. The highest BCUT2D eigenvalue weighted by Gasteiger charge is 2.20. The number of carbonyl (C=O) groups is 3. The topological polar surface area (TPSA) is 109 Å². The number of aryl methyl sites for hydroxylation is 1. The Labute approximate surface area is 138 Å². The molecule has 1 aromatic carbocycles. The highest BCUT2D eigenvalue weighted by Crippen LogP contribution is 2.11. The van der Waals surface area contributed by atoms with E-state index in [1.165, 1.54) is 0 Å². The summed E-state index contributed by atoms with van der Waals surface area (Å²) in [5.74, 6) is -3.01. The molecule has 126 valence electrons. The maximum absolute atomic E-state index is 12.3. The van der Waals surface area contributed by atoms with Gasteiger partial charge in [0.1, 0.15) is 12.2 Å². The van der Waals surface area contributed by atoms with Crippen LogP contribution in [0.1, 0.15) is 56.7 Å². The summed E-state index contributed by atoms with van der Waals surface area (Å²) < 4.78 is 0.902. The second-order valence-electron chi connectivity index (χ2n) is 5.41. The molecule has 1 heterocycles. The molecule has 0 aliphatic rings. The molecule has 0 amide bonds. The summed E-state index contributed by atoms with van der Waals surface area (Å²) in [6, 6.07) is 8.05. The van der Waals surface area contributed by atoms with Crippen molar-refractivity contribution in [2.24, 2.45) is 0 Å². The lowest BCUT2D eigenvalue weighted by molar-refractivity contribution is 0.0674. The van der Waals surface area contributed by atoms with Crippen LogP contribution >= 0.6 is 0 Å². The van der Waals surface area contributed by atoms with Gasteiger partial charge in [-0.3, -0.25) is 4.79 Å². The molecule has 7 nitrogen and oxygen atoms in total. The van der Waals surface area contributed by atoms with Gasteiger partial charge in [-0.25, -0.2) is 14.3 Å². The number of nitrogens with zero attached hydrogens (tertiary/aromatic N) is 2. The largest absolute Gasteiger partial charge is 0.477 e. The number of ketones is 1. The van der Waals surface area contributed by atoms with E-state index in [4.69, 9.17) is 10.2 Å². The molecular weight excluding hydrogens is 312 g/mol. The van der Waals surface area contributed by atoms with Gasteiger partial charge in [0.15, 0.2) is 11.5 Å². The highest BCUT2D eigenvalue weighted by atomic mass is 16.4. The minimum atomic E-state index is -1.34. The van der Waals surface area contributed by atoms with E-state index in [-0.39, 0.29) is 18.0 Å². The molecule has 0 unspecified atom stereocenters. The zero-order valence-corrected chi connectivity index (χ0v) is 13.2. The molecule has 2 N–H and O–H groups in total. The van der Waals surface area contributed by atoms with Gasteiger partial charge in [-0.2, -0.15) is 5.10 Å². The standard InChI is InChI=1S/C17H18N2O5/c1-2-3-4-11-5-7-12(8-6-11)15(20)10-19-14(17(23)24)9-13(18-19)16(21)22/h5-9H,2-4,10H2,1H3,(H,21,22)(H,23,24). The van der Waals surface area contributed by atoms with Crippen LogP contribution in [0.25, 0.3) is 0 Å². The fourth-order valence-electron chi connectivity index (χ4n) is 2.28. The Morgan fingerprint density at radius 3 is 2.29 bits per heavy atom. The molecular formula is C17H18N2O5. The number of aromatic nitrogens is 2. The second kappa shape index (κ2) is 7.54. The molecule has 0 bridgehead atoms. The summed E-state index contributed by atoms with van der Waals surface area (Å²) in [5.41, 5.74) is 0.821. The Balaban J connectivity index is 2.17. The summed E-state index contributed by atoms with van der Waals surface area (Å²) >= 11 is 0. The van der Waals surface area contributed by atoms with Gasteiger partial charge in [-0.15, -0.1) is 0 Å². The average Bonchev–Trinajstić information content (AvgIpc) is 2.97. The normalized spacial score (nSPS) is 10.5. The Morgan fingerprint density at radius 2 is 1.75 bits per heavy atom. The molecule has 1 aromatic heterocycles. The van der Waals surface area contributed by atoms with Gasteiger partial charge in [-0.1, -0.05) is 37.6 Å². The maximum atomic E-state index is 12.3. The van der Waals surface area contributed by atoms with E-state index in [0.29, 0.717) is 5.56 Å². The molecule has 0 saturated heterocycles. The molecule has 2 aromatic rings. The average molecular weight is 330 g/mol. The van der Waals surface area contributed by atoms with Crippen molar-refractivity contribution in [1.29, 1.82) is 0 Å². The number of hydrogen-bond donors (Lipinski definition) is 2. The monoisotopic (exact) mass is 330 g/mol. The van der Waals surface area contributed by atoms with Crippen LogP contribution in [0.3, 0.4) is 0 Å². The fourth-order valence-corrected chi connectivity index (χ4v) is 2.28. The van der Waals surface area contributed by atoms with E-state index in [1.54, 1.807) is 12.1 Å². The van der Waals surface area contributed by atoms with Crippen LogP contribution in [0.4, 0.5) is 0 Å². The molecule has 0 spiro atoms. The third-order valence-corrected chi connectivity index (χ3v) is 3.61. The molecule has 2 rings (SSSR count). The van der Waals surface area contributed by atoms with Crippen molar-refractivity contribution in [3.63, 3.8) is 0 Å². The van der Waals surface area contributed by atoms with Crippen LogP contribution in [0.5, 0.6) is 0 Å². The number of carboxylic acids is 2. The van der Waals surface area contributed by atoms with Crippen molar-refractivity contribution < 1.29 is 24.6 Å². The summed E-state index contributed by atoms with van der Waals surface area (Å²) in [5, 5.41) is 21.7. The highest BCUT2D eigenvalue weighted by molar-refractivity contribution is 5.97. The van der Waals surface area contributed by atoms with Crippen LogP contribution in [-0.2, 0) is 13.0 Å². The minimum absolute atomic E-state index is 0.330. The van der Waals surface area contributed by atoms with Crippen LogP contribution in [0.15, 0.2) is 30.3 Å². The van der Waals surface area contributed by atoms with Crippen LogP contribution in [-0.4, -0.2) is 37.7 Å². The smallest absolute Gasteiger partial charge is 0.356 e. The number of hydrogen-bond acceptors (Lipinski definition) is 4. The van der Waals surface area contributed by atoms with Crippen molar-refractivity contribution in [2.75, 3.05) is 0 Å². The van der Waals surface area contributed by atoms with Crippen LogP contribution < -0.4 is 0 Å². The zero-order chi connectivity index (χ0) is 17.7.